The highest BCUT2D eigenvalue weighted by Crippen LogP contribution is 2.37. The van der Waals surface area contributed by atoms with Gasteiger partial charge in [0.25, 0.3) is 5.91 Å². The molecule has 12 heteroatoms. The second-order valence-corrected chi connectivity index (χ2v) is 13.6. The molecule has 0 aliphatic rings. The SMILES string of the molecule is COC(=O)[C@H](CCO[Si](C)(C)C(C)(C)C)NC(=O)c1cc(C(F)(F)F)cc(C(F)(F)F)c1. The maximum atomic E-state index is 13.0. The third-order valence-corrected chi connectivity index (χ3v) is 9.85. The molecule has 0 saturated heterocycles. The Morgan fingerprint density at radius 2 is 1.44 bits per heavy atom. The molecule has 0 spiro atoms. The van der Waals surface area contributed by atoms with E-state index < -0.39 is 55.3 Å². The van der Waals surface area contributed by atoms with E-state index in [-0.39, 0.29) is 24.1 Å². The number of hydrogen-bond donors (Lipinski definition) is 1. The van der Waals surface area contributed by atoms with Crippen molar-refractivity contribution in [1.82, 2.24) is 5.32 Å². The number of nitrogens with one attached hydrogen (secondary N) is 1. The Labute approximate surface area is 183 Å². The molecule has 182 valence electrons. The van der Waals surface area contributed by atoms with Crippen molar-refractivity contribution in [3.63, 3.8) is 0 Å². The average molecular weight is 488 g/mol. The summed E-state index contributed by atoms with van der Waals surface area (Å²) in [6.07, 6.45) is -10.3. The number of ether oxygens (including phenoxy) is 1. The van der Waals surface area contributed by atoms with Gasteiger partial charge in [-0.1, -0.05) is 20.8 Å². The maximum Gasteiger partial charge on any atom is 0.416 e. The van der Waals surface area contributed by atoms with Gasteiger partial charge in [0.15, 0.2) is 8.32 Å². The molecule has 0 aliphatic carbocycles. The van der Waals surface area contributed by atoms with Crippen molar-refractivity contribution < 1.29 is 45.1 Å². The minimum atomic E-state index is -5.10. The van der Waals surface area contributed by atoms with Gasteiger partial charge in [-0.05, 0) is 36.3 Å². The lowest BCUT2D eigenvalue weighted by Crippen LogP contribution is -2.45. The zero-order valence-electron chi connectivity index (χ0n) is 18.6. The first-order valence-corrected chi connectivity index (χ1v) is 12.5. The van der Waals surface area contributed by atoms with Crippen molar-refractivity contribution in [3.05, 3.63) is 34.9 Å². The molecule has 1 amide bonds. The van der Waals surface area contributed by atoms with Crippen molar-refractivity contribution in [2.45, 2.75) is 63.7 Å². The lowest BCUT2D eigenvalue weighted by atomic mass is 10.0. The van der Waals surface area contributed by atoms with Crippen molar-refractivity contribution in [2.75, 3.05) is 13.7 Å². The number of hydrogen-bond acceptors (Lipinski definition) is 4. The van der Waals surface area contributed by atoms with E-state index in [1.165, 1.54) is 0 Å². The van der Waals surface area contributed by atoms with Crippen LogP contribution in [0.15, 0.2) is 18.2 Å². The van der Waals surface area contributed by atoms with E-state index in [1.54, 1.807) is 0 Å². The van der Waals surface area contributed by atoms with Crippen molar-refractivity contribution in [2.24, 2.45) is 0 Å². The molecule has 0 saturated carbocycles. The number of amides is 1. The lowest BCUT2D eigenvalue weighted by Gasteiger charge is -2.36. The molecule has 1 N–H and O–H groups in total. The average Bonchev–Trinajstić information content (AvgIpc) is 2.63. The summed E-state index contributed by atoms with van der Waals surface area (Å²) >= 11 is 0. The number of rotatable bonds is 7. The largest absolute Gasteiger partial charge is 0.467 e. The first-order valence-electron chi connectivity index (χ1n) is 9.61. The van der Waals surface area contributed by atoms with Gasteiger partial charge in [0, 0.05) is 18.6 Å². The number of benzene rings is 1. The number of carbonyl (C=O) groups excluding carboxylic acids is 2. The Hall–Kier alpha value is -2.08. The summed E-state index contributed by atoms with van der Waals surface area (Å²) in [5, 5.41) is 2.02. The van der Waals surface area contributed by atoms with E-state index in [0.717, 1.165) is 7.11 Å². The van der Waals surface area contributed by atoms with Gasteiger partial charge in [-0.25, -0.2) is 4.79 Å². The first kappa shape index (κ1) is 28.0. The monoisotopic (exact) mass is 487 g/mol. The Morgan fingerprint density at radius 3 is 1.81 bits per heavy atom. The zero-order valence-corrected chi connectivity index (χ0v) is 19.6. The summed E-state index contributed by atoms with van der Waals surface area (Å²) in [4.78, 5) is 24.5. The van der Waals surface area contributed by atoms with Crippen molar-refractivity contribution in [3.8, 4) is 0 Å². The molecule has 0 aromatic heterocycles. The summed E-state index contributed by atoms with van der Waals surface area (Å²) in [5.41, 5.74) is -4.15. The third kappa shape index (κ3) is 7.50. The first-order chi connectivity index (χ1) is 14.3. The molecule has 0 aliphatic heterocycles. The van der Waals surface area contributed by atoms with Crippen LogP contribution >= 0.6 is 0 Å². The van der Waals surface area contributed by atoms with Crippen LogP contribution in [0.2, 0.25) is 18.1 Å². The van der Waals surface area contributed by atoms with Crippen LogP contribution in [0.5, 0.6) is 0 Å². The van der Waals surface area contributed by atoms with Gasteiger partial charge < -0.3 is 14.5 Å². The Morgan fingerprint density at radius 1 is 0.969 bits per heavy atom. The second kappa shape index (κ2) is 9.82. The Kier molecular flexibility index (Phi) is 8.57. The number of alkyl halides is 6. The summed E-state index contributed by atoms with van der Waals surface area (Å²) in [7, 11) is -1.15. The maximum absolute atomic E-state index is 13.0. The van der Waals surface area contributed by atoms with Gasteiger partial charge in [-0.3, -0.25) is 4.79 Å². The van der Waals surface area contributed by atoms with E-state index in [0.29, 0.717) is 12.1 Å². The second-order valence-electron chi connectivity index (χ2n) is 8.74. The standard InChI is InChI=1S/C20H27F6NO4Si/c1-18(2,3)32(5,6)31-8-7-15(17(29)30-4)27-16(28)12-9-13(19(21,22)23)11-14(10-12)20(24,25)26/h9-11,15H,7-8H2,1-6H3,(H,27,28)/t15-/m0/s1. The van der Waals surface area contributed by atoms with Gasteiger partial charge in [0.2, 0.25) is 0 Å². The highest BCUT2D eigenvalue weighted by molar-refractivity contribution is 6.74. The van der Waals surface area contributed by atoms with E-state index in [9.17, 15) is 35.9 Å². The van der Waals surface area contributed by atoms with Gasteiger partial charge in [-0.15, -0.1) is 0 Å². The number of carbonyl (C=O) groups is 2. The van der Waals surface area contributed by atoms with Crippen molar-refractivity contribution >= 4 is 20.2 Å². The molecule has 0 bridgehead atoms. The fourth-order valence-electron chi connectivity index (χ4n) is 2.37. The Balaban J connectivity index is 3.12. The van der Waals surface area contributed by atoms with E-state index >= 15 is 0 Å². The molecule has 1 aromatic carbocycles. The topological polar surface area (TPSA) is 64.6 Å². The van der Waals surface area contributed by atoms with E-state index in [2.05, 4.69) is 10.1 Å². The number of halogens is 6. The van der Waals surface area contributed by atoms with Gasteiger partial charge in [0.1, 0.15) is 6.04 Å². The van der Waals surface area contributed by atoms with E-state index in [1.807, 2.05) is 33.9 Å². The molecule has 5 nitrogen and oxygen atoms in total. The zero-order chi connectivity index (χ0) is 25.1. The van der Waals surface area contributed by atoms with Crippen LogP contribution < -0.4 is 5.32 Å². The molecule has 1 atom stereocenters. The normalized spacial score (nSPS) is 14.1. The molecule has 1 aromatic rings. The van der Waals surface area contributed by atoms with Crippen LogP contribution in [0.1, 0.15) is 48.7 Å². The summed E-state index contributed by atoms with van der Waals surface area (Å²) in [6, 6.07) is -0.807. The molecular formula is C20H27F6NO4Si. The molecule has 0 heterocycles. The smallest absolute Gasteiger partial charge is 0.416 e. The molecule has 1 rings (SSSR count). The predicted octanol–water partition coefficient (Wildman–Crippen LogP) is 5.41. The summed E-state index contributed by atoms with van der Waals surface area (Å²) < 4.78 is 88.7. The van der Waals surface area contributed by atoms with Crippen LogP contribution in [0.25, 0.3) is 0 Å². The molecule has 0 fully saturated rings. The number of esters is 1. The predicted molar refractivity (Wildman–Crippen MR) is 107 cm³/mol. The van der Waals surface area contributed by atoms with Gasteiger partial charge in [-0.2, -0.15) is 26.3 Å². The minimum absolute atomic E-state index is 0.0347. The minimum Gasteiger partial charge on any atom is -0.467 e. The van der Waals surface area contributed by atoms with Crippen LogP contribution in [0.4, 0.5) is 26.3 Å². The summed E-state index contributed by atoms with van der Waals surface area (Å²) in [5.74, 6) is -2.18. The highest BCUT2D eigenvalue weighted by Gasteiger charge is 2.39. The van der Waals surface area contributed by atoms with Gasteiger partial charge in [0.05, 0.1) is 18.2 Å². The van der Waals surface area contributed by atoms with Gasteiger partial charge >= 0.3 is 18.3 Å². The third-order valence-electron chi connectivity index (χ3n) is 5.32. The molecule has 0 unspecified atom stereocenters. The fourth-order valence-corrected chi connectivity index (χ4v) is 3.43. The summed E-state index contributed by atoms with van der Waals surface area (Å²) in [6.45, 7) is 9.92. The Bertz CT molecular complexity index is 799. The van der Waals surface area contributed by atoms with Crippen LogP contribution in [0, 0.1) is 0 Å². The number of methoxy groups -OCH3 is 1. The van der Waals surface area contributed by atoms with Crippen LogP contribution in [-0.4, -0.2) is 40.0 Å². The lowest BCUT2D eigenvalue weighted by molar-refractivity contribution is -0.144. The molecular weight excluding hydrogens is 460 g/mol. The van der Waals surface area contributed by atoms with Crippen molar-refractivity contribution in [1.29, 1.82) is 0 Å². The highest BCUT2D eigenvalue weighted by atomic mass is 28.4. The molecule has 32 heavy (non-hydrogen) atoms. The van der Waals surface area contributed by atoms with Crippen LogP contribution in [0.3, 0.4) is 0 Å². The van der Waals surface area contributed by atoms with Crippen LogP contribution in [-0.2, 0) is 26.3 Å². The quantitative estimate of drug-likeness (QED) is 0.318. The fraction of sp³-hybridized carbons (Fsp3) is 0.600. The molecule has 0 radical (unpaired) electrons. The van der Waals surface area contributed by atoms with E-state index in [4.69, 9.17) is 4.43 Å².